The fourth-order valence-electron chi connectivity index (χ4n) is 2.09. The van der Waals surface area contributed by atoms with Crippen LogP contribution < -0.4 is 0 Å². The Morgan fingerprint density at radius 2 is 1.62 bits per heavy atom. The van der Waals surface area contributed by atoms with Crippen LogP contribution in [0.15, 0.2) is 0 Å². The second kappa shape index (κ2) is 4.72. The minimum absolute atomic E-state index is 0.242. The minimum Gasteiger partial charge on any atom is -0.172 e. The van der Waals surface area contributed by atoms with E-state index in [0.717, 1.165) is 5.92 Å². The average molecular weight is 202 g/mol. The van der Waals surface area contributed by atoms with Crippen molar-refractivity contribution in [3.8, 4) is 0 Å². The molecule has 0 nitrogen and oxygen atoms in total. The molecule has 0 rings (SSSR count). The van der Waals surface area contributed by atoms with Crippen LogP contribution in [0.1, 0.15) is 60.8 Å². The van der Waals surface area contributed by atoms with Gasteiger partial charge in [0.15, 0.2) is 0 Å². The monoisotopic (exact) mass is 202 g/mol. The van der Waals surface area contributed by atoms with Gasteiger partial charge >= 0.3 is 0 Å². The first-order valence-electron chi connectivity index (χ1n) is 5.41. The lowest BCUT2D eigenvalue weighted by atomic mass is 9.79. The summed E-state index contributed by atoms with van der Waals surface area (Å²) in [5.74, 6) is 0.750. The van der Waals surface area contributed by atoms with Gasteiger partial charge in [0.05, 0.1) is 0 Å². The SMILES string of the molecule is CCC(S)(CC(C)C)CC(C)(C)C. The van der Waals surface area contributed by atoms with Crippen molar-refractivity contribution >= 4 is 12.6 Å². The zero-order valence-electron chi connectivity index (χ0n) is 10.1. The molecule has 0 saturated heterocycles. The molecule has 1 atom stereocenters. The van der Waals surface area contributed by atoms with E-state index >= 15 is 0 Å². The molecule has 0 heterocycles. The number of hydrogen-bond acceptors (Lipinski definition) is 1. The Labute approximate surface area is 89.9 Å². The van der Waals surface area contributed by atoms with Crippen LogP contribution in [0.2, 0.25) is 0 Å². The normalized spacial score (nSPS) is 17.5. The standard InChI is InChI=1S/C12H26S/c1-7-12(13,8-10(2)3)9-11(4,5)6/h10,13H,7-9H2,1-6H3. The van der Waals surface area contributed by atoms with Gasteiger partial charge < -0.3 is 0 Å². The van der Waals surface area contributed by atoms with Gasteiger partial charge in [-0.1, -0.05) is 41.5 Å². The molecule has 0 bridgehead atoms. The third-order valence-electron chi connectivity index (χ3n) is 2.31. The lowest BCUT2D eigenvalue weighted by Gasteiger charge is -2.35. The van der Waals surface area contributed by atoms with E-state index in [1.165, 1.54) is 19.3 Å². The van der Waals surface area contributed by atoms with Crippen LogP contribution in [0.5, 0.6) is 0 Å². The van der Waals surface area contributed by atoms with Crippen LogP contribution in [-0.2, 0) is 0 Å². The summed E-state index contributed by atoms with van der Waals surface area (Å²) >= 11 is 4.85. The van der Waals surface area contributed by atoms with Gasteiger partial charge in [-0.05, 0) is 30.6 Å². The second-order valence-corrected chi connectivity index (χ2v) is 6.86. The molecular weight excluding hydrogens is 176 g/mol. The Kier molecular flexibility index (Phi) is 4.85. The largest absolute Gasteiger partial charge is 0.172 e. The van der Waals surface area contributed by atoms with Gasteiger partial charge in [0.25, 0.3) is 0 Å². The van der Waals surface area contributed by atoms with Crippen molar-refractivity contribution in [2.24, 2.45) is 11.3 Å². The molecule has 0 fully saturated rings. The van der Waals surface area contributed by atoms with E-state index in [1.54, 1.807) is 0 Å². The van der Waals surface area contributed by atoms with E-state index in [4.69, 9.17) is 12.6 Å². The van der Waals surface area contributed by atoms with Gasteiger partial charge in [-0.15, -0.1) is 0 Å². The number of rotatable bonds is 4. The van der Waals surface area contributed by atoms with E-state index in [0.29, 0.717) is 5.41 Å². The Morgan fingerprint density at radius 1 is 1.15 bits per heavy atom. The summed E-state index contributed by atoms with van der Waals surface area (Å²) in [6.45, 7) is 13.7. The second-order valence-electron chi connectivity index (χ2n) is 5.91. The van der Waals surface area contributed by atoms with Crippen molar-refractivity contribution in [1.29, 1.82) is 0 Å². The third-order valence-corrected chi connectivity index (χ3v) is 2.96. The molecule has 0 aliphatic heterocycles. The number of hydrogen-bond donors (Lipinski definition) is 1. The van der Waals surface area contributed by atoms with Gasteiger partial charge in [-0.25, -0.2) is 0 Å². The van der Waals surface area contributed by atoms with Gasteiger partial charge in [0.1, 0.15) is 0 Å². The highest BCUT2D eigenvalue weighted by molar-refractivity contribution is 7.81. The maximum Gasteiger partial charge on any atom is 0.0134 e. The van der Waals surface area contributed by atoms with Crippen LogP contribution in [0.3, 0.4) is 0 Å². The summed E-state index contributed by atoms with van der Waals surface area (Å²) in [5, 5.41) is 0. The van der Waals surface area contributed by atoms with E-state index in [9.17, 15) is 0 Å². The molecule has 0 aliphatic carbocycles. The minimum atomic E-state index is 0.242. The summed E-state index contributed by atoms with van der Waals surface area (Å²) in [6, 6.07) is 0. The van der Waals surface area contributed by atoms with Crippen LogP contribution in [0, 0.1) is 11.3 Å². The van der Waals surface area contributed by atoms with Crippen LogP contribution in [0.25, 0.3) is 0 Å². The molecule has 0 aromatic carbocycles. The van der Waals surface area contributed by atoms with E-state index in [-0.39, 0.29) is 4.75 Å². The quantitative estimate of drug-likeness (QED) is 0.635. The highest BCUT2D eigenvalue weighted by atomic mass is 32.1. The van der Waals surface area contributed by atoms with E-state index in [1.807, 2.05) is 0 Å². The fraction of sp³-hybridized carbons (Fsp3) is 1.00. The lowest BCUT2D eigenvalue weighted by Crippen LogP contribution is -2.29. The van der Waals surface area contributed by atoms with Crippen LogP contribution in [-0.4, -0.2) is 4.75 Å². The molecule has 0 amide bonds. The predicted octanol–water partition coefficient (Wildman–Crippen LogP) is 4.55. The molecule has 0 aromatic rings. The summed E-state index contributed by atoms with van der Waals surface area (Å²) < 4.78 is 0.242. The zero-order chi connectivity index (χ0) is 10.7. The summed E-state index contributed by atoms with van der Waals surface area (Å²) in [6.07, 6.45) is 3.60. The molecule has 0 N–H and O–H groups in total. The first kappa shape index (κ1) is 13.4. The Morgan fingerprint density at radius 3 is 1.85 bits per heavy atom. The number of thiol groups is 1. The highest BCUT2D eigenvalue weighted by Crippen LogP contribution is 2.38. The highest BCUT2D eigenvalue weighted by Gasteiger charge is 2.29. The lowest BCUT2D eigenvalue weighted by molar-refractivity contribution is 0.286. The molecule has 0 spiro atoms. The molecular formula is C12H26S. The molecule has 0 aliphatic rings. The molecule has 0 aromatic heterocycles. The van der Waals surface area contributed by atoms with Crippen molar-refractivity contribution in [3.63, 3.8) is 0 Å². The van der Waals surface area contributed by atoms with Crippen molar-refractivity contribution in [3.05, 3.63) is 0 Å². The maximum absolute atomic E-state index is 4.85. The molecule has 13 heavy (non-hydrogen) atoms. The van der Waals surface area contributed by atoms with E-state index < -0.39 is 0 Å². The van der Waals surface area contributed by atoms with Crippen molar-refractivity contribution in [1.82, 2.24) is 0 Å². The Hall–Kier alpha value is 0.350. The first-order chi connectivity index (χ1) is 5.68. The van der Waals surface area contributed by atoms with Gasteiger partial charge in [0.2, 0.25) is 0 Å². The average Bonchev–Trinajstić information content (AvgIpc) is 1.81. The van der Waals surface area contributed by atoms with Crippen molar-refractivity contribution in [2.75, 3.05) is 0 Å². The van der Waals surface area contributed by atoms with Gasteiger partial charge in [0, 0.05) is 4.75 Å². The summed E-state index contributed by atoms with van der Waals surface area (Å²) in [5.41, 5.74) is 0.395. The molecule has 1 heteroatoms. The molecule has 0 saturated carbocycles. The first-order valence-corrected chi connectivity index (χ1v) is 5.86. The summed E-state index contributed by atoms with van der Waals surface area (Å²) in [4.78, 5) is 0. The van der Waals surface area contributed by atoms with Crippen LogP contribution >= 0.6 is 12.6 Å². The van der Waals surface area contributed by atoms with Gasteiger partial charge in [-0.3, -0.25) is 0 Å². The van der Waals surface area contributed by atoms with Crippen molar-refractivity contribution < 1.29 is 0 Å². The Balaban J connectivity index is 4.28. The van der Waals surface area contributed by atoms with Gasteiger partial charge in [-0.2, -0.15) is 12.6 Å². The molecule has 80 valence electrons. The zero-order valence-corrected chi connectivity index (χ0v) is 11.0. The maximum atomic E-state index is 4.85. The fourth-order valence-corrected chi connectivity index (χ4v) is 2.93. The summed E-state index contributed by atoms with van der Waals surface area (Å²) in [7, 11) is 0. The predicted molar refractivity (Wildman–Crippen MR) is 65.5 cm³/mol. The smallest absolute Gasteiger partial charge is 0.0134 e. The topological polar surface area (TPSA) is 0 Å². The molecule has 0 radical (unpaired) electrons. The van der Waals surface area contributed by atoms with Crippen LogP contribution in [0.4, 0.5) is 0 Å². The van der Waals surface area contributed by atoms with E-state index in [2.05, 4.69) is 41.5 Å². The third kappa shape index (κ3) is 6.42. The van der Waals surface area contributed by atoms with Crippen molar-refractivity contribution in [2.45, 2.75) is 65.6 Å². The molecule has 1 unspecified atom stereocenters. The Bertz CT molecular complexity index is 144.